The fourth-order valence-corrected chi connectivity index (χ4v) is 4.24. The van der Waals surface area contributed by atoms with Crippen LogP contribution in [0, 0.1) is 0 Å². The quantitative estimate of drug-likeness (QED) is 0.371. The molecular weight excluding hydrogens is 473 g/mol. The molecule has 4 rings (SSSR count). The lowest BCUT2D eigenvalue weighted by Crippen LogP contribution is -2.14. The minimum Gasteiger partial charge on any atom is -0.493 e. The second-order valence-corrected chi connectivity index (χ2v) is 8.83. The third-order valence-corrected chi connectivity index (χ3v) is 6.21. The van der Waals surface area contributed by atoms with E-state index in [0.717, 1.165) is 12.1 Å². The number of para-hydroxylation sites is 1. The maximum Gasteiger partial charge on any atom is 0.416 e. The number of sulfonamides is 1. The van der Waals surface area contributed by atoms with E-state index in [1.165, 1.54) is 37.4 Å². The number of amides is 1. The van der Waals surface area contributed by atoms with E-state index in [-0.39, 0.29) is 22.0 Å². The van der Waals surface area contributed by atoms with E-state index >= 15 is 0 Å². The molecule has 0 bridgehead atoms. The first-order valence-electron chi connectivity index (χ1n) is 9.75. The van der Waals surface area contributed by atoms with Crippen LogP contribution in [0.3, 0.4) is 0 Å². The van der Waals surface area contributed by atoms with Gasteiger partial charge in [-0.05, 0) is 54.6 Å². The van der Waals surface area contributed by atoms with Gasteiger partial charge in [0.05, 0.1) is 17.6 Å². The highest BCUT2D eigenvalue weighted by atomic mass is 32.2. The van der Waals surface area contributed by atoms with E-state index in [4.69, 9.17) is 9.15 Å². The molecule has 0 aliphatic rings. The van der Waals surface area contributed by atoms with E-state index < -0.39 is 27.7 Å². The SMILES string of the molecule is COc1cccc2cc(C(=O)Nc3ccc(S(=O)(=O)Nc4cccc(C(F)(F)F)c4)cc3)oc12. The Bertz CT molecular complexity index is 1460. The van der Waals surface area contributed by atoms with Gasteiger partial charge in [-0.3, -0.25) is 9.52 Å². The fourth-order valence-electron chi connectivity index (χ4n) is 3.19. The van der Waals surface area contributed by atoms with Crippen molar-refractivity contribution in [2.24, 2.45) is 0 Å². The van der Waals surface area contributed by atoms with Crippen molar-refractivity contribution < 1.29 is 35.5 Å². The van der Waals surface area contributed by atoms with Gasteiger partial charge in [0.15, 0.2) is 17.1 Å². The number of furan rings is 1. The summed E-state index contributed by atoms with van der Waals surface area (Å²) in [7, 11) is -2.68. The average molecular weight is 490 g/mol. The molecular formula is C23H17F3N2O5S. The molecule has 1 amide bonds. The molecule has 176 valence electrons. The second-order valence-electron chi connectivity index (χ2n) is 7.15. The Morgan fingerprint density at radius 2 is 1.65 bits per heavy atom. The van der Waals surface area contributed by atoms with Gasteiger partial charge >= 0.3 is 6.18 Å². The van der Waals surface area contributed by atoms with Gasteiger partial charge in [-0.2, -0.15) is 13.2 Å². The number of anilines is 2. The lowest BCUT2D eigenvalue weighted by molar-refractivity contribution is -0.137. The molecule has 3 aromatic carbocycles. The number of alkyl halides is 3. The van der Waals surface area contributed by atoms with Crippen LogP contribution in [0.5, 0.6) is 5.75 Å². The van der Waals surface area contributed by atoms with Gasteiger partial charge in [-0.25, -0.2) is 8.42 Å². The van der Waals surface area contributed by atoms with Crippen molar-refractivity contribution in [1.82, 2.24) is 0 Å². The number of hydrogen-bond donors (Lipinski definition) is 2. The van der Waals surface area contributed by atoms with Gasteiger partial charge < -0.3 is 14.5 Å². The summed E-state index contributed by atoms with van der Waals surface area (Å²) >= 11 is 0. The zero-order valence-electron chi connectivity index (χ0n) is 17.5. The third kappa shape index (κ3) is 4.84. The van der Waals surface area contributed by atoms with E-state index in [1.807, 2.05) is 0 Å². The van der Waals surface area contributed by atoms with Crippen LogP contribution in [0.1, 0.15) is 16.1 Å². The molecule has 0 aliphatic carbocycles. The van der Waals surface area contributed by atoms with Crippen LogP contribution >= 0.6 is 0 Å². The molecule has 0 saturated heterocycles. The number of halogens is 3. The predicted molar refractivity (Wildman–Crippen MR) is 119 cm³/mol. The fraction of sp³-hybridized carbons (Fsp3) is 0.0870. The second kappa shape index (κ2) is 8.75. The van der Waals surface area contributed by atoms with Gasteiger partial charge in [-0.1, -0.05) is 18.2 Å². The van der Waals surface area contributed by atoms with Crippen LogP contribution in [-0.4, -0.2) is 21.4 Å². The van der Waals surface area contributed by atoms with Crippen molar-refractivity contribution in [2.45, 2.75) is 11.1 Å². The predicted octanol–water partition coefficient (Wildman–Crippen LogP) is 5.51. The van der Waals surface area contributed by atoms with Crippen LogP contribution in [-0.2, 0) is 16.2 Å². The molecule has 0 radical (unpaired) electrons. The number of ether oxygens (including phenoxy) is 1. The molecule has 0 atom stereocenters. The molecule has 4 aromatic rings. The smallest absolute Gasteiger partial charge is 0.416 e. The summed E-state index contributed by atoms with van der Waals surface area (Å²) in [6.45, 7) is 0. The standard InChI is InChI=1S/C23H17F3N2O5S/c1-32-19-7-2-4-14-12-20(33-21(14)19)22(29)27-16-8-10-18(11-9-16)34(30,31)28-17-6-3-5-15(13-17)23(24,25)26/h2-13,28H,1H3,(H,27,29). The van der Waals surface area contributed by atoms with Crippen molar-refractivity contribution >= 4 is 38.3 Å². The Hall–Kier alpha value is -3.99. The first-order valence-corrected chi connectivity index (χ1v) is 11.2. The van der Waals surface area contributed by atoms with Crippen LogP contribution in [0.15, 0.2) is 82.1 Å². The van der Waals surface area contributed by atoms with Gasteiger partial charge in [0.1, 0.15) is 0 Å². The van der Waals surface area contributed by atoms with Crippen LogP contribution in [0.4, 0.5) is 24.5 Å². The number of methoxy groups -OCH3 is 1. The van der Waals surface area contributed by atoms with Gasteiger partial charge in [0.25, 0.3) is 15.9 Å². The number of nitrogens with one attached hydrogen (secondary N) is 2. The normalized spacial score (nSPS) is 11.9. The summed E-state index contributed by atoms with van der Waals surface area (Å²) < 4.78 is 76.6. The first-order chi connectivity index (χ1) is 16.1. The van der Waals surface area contributed by atoms with Crippen LogP contribution < -0.4 is 14.8 Å². The molecule has 0 fully saturated rings. The van der Waals surface area contributed by atoms with Crippen molar-refractivity contribution in [3.63, 3.8) is 0 Å². The molecule has 11 heteroatoms. The third-order valence-electron chi connectivity index (χ3n) is 4.82. The van der Waals surface area contributed by atoms with E-state index in [0.29, 0.717) is 22.8 Å². The molecule has 34 heavy (non-hydrogen) atoms. The monoisotopic (exact) mass is 490 g/mol. The van der Waals surface area contributed by atoms with E-state index in [1.54, 1.807) is 24.3 Å². The summed E-state index contributed by atoms with van der Waals surface area (Å²) in [6, 6.07) is 15.7. The van der Waals surface area contributed by atoms with Crippen molar-refractivity contribution in [1.29, 1.82) is 0 Å². The minimum atomic E-state index is -4.60. The highest BCUT2D eigenvalue weighted by Gasteiger charge is 2.30. The van der Waals surface area contributed by atoms with E-state index in [9.17, 15) is 26.4 Å². The zero-order chi connectivity index (χ0) is 24.5. The average Bonchev–Trinajstić information content (AvgIpc) is 3.23. The Kier molecular flexibility index (Phi) is 5.96. The van der Waals surface area contributed by atoms with Gasteiger partial charge in [0, 0.05) is 16.8 Å². The van der Waals surface area contributed by atoms with Crippen LogP contribution in [0.25, 0.3) is 11.0 Å². The largest absolute Gasteiger partial charge is 0.493 e. The number of hydrogen-bond acceptors (Lipinski definition) is 5. The molecule has 0 unspecified atom stereocenters. The lowest BCUT2D eigenvalue weighted by atomic mass is 10.2. The molecule has 2 N–H and O–H groups in total. The summed E-state index contributed by atoms with van der Waals surface area (Å²) in [5, 5.41) is 3.27. The van der Waals surface area contributed by atoms with Crippen LogP contribution in [0.2, 0.25) is 0 Å². The number of carbonyl (C=O) groups excluding carboxylic acids is 1. The highest BCUT2D eigenvalue weighted by molar-refractivity contribution is 7.92. The van der Waals surface area contributed by atoms with Crippen molar-refractivity contribution in [3.8, 4) is 5.75 Å². The minimum absolute atomic E-state index is 0.0300. The molecule has 1 aromatic heterocycles. The number of carbonyl (C=O) groups is 1. The van der Waals surface area contributed by atoms with Gasteiger partial charge in [-0.15, -0.1) is 0 Å². The lowest BCUT2D eigenvalue weighted by Gasteiger charge is -2.11. The molecule has 0 spiro atoms. The number of fused-ring (bicyclic) bond motifs is 1. The summed E-state index contributed by atoms with van der Waals surface area (Å²) in [6.07, 6.45) is -4.60. The molecule has 1 heterocycles. The molecule has 0 saturated carbocycles. The number of rotatable bonds is 6. The topological polar surface area (TPSA) is 97.6 Å². The molecule has 7 nitrogen and oxygen atoms in total. The summed E-state index contributed by atoms with van der Waals surface area (Å²) in [5.41, 5.74) is -0.505. The zero-order valence-corrected chi connectivity index (χ0v) is 18.3. The maximum atomic E-state index is 12.9. The Balaban J connectivity index is 1.49. The summed E-state index contributed by atoms with van der Waals surface area (Å²) in [4.78, 5) is 12.4. The van der Waals surface area contributed by atoms with Gasteiger partial charge in [0.2, 0.25) is 0 Å². The van der Waals surface area contributed by atoms with E-state index in [2.05, 4.69) is 10.0 Å². The van der Waals surface area contributed by atoms with Crippen molar-refractivity contribution in [3.05, 3.63) is 84.1 Å². The number of benzene rings is 3. The maximum absolute atomic E-state index is 12.9. The van der Waals surface area contributed by atoms with Crippen molar-refractivity contribution in [2.75, 3.05) is 17.1 Å². The molecule has 0 aliphatic heterocycles. The first kappa shape index (κ1) is 23.2. The Morgan fingerprint density at radius 3 is 2.32 bits per heavy atom. The summed E-state index contributed by atoms with van der Waals surface area (Å²) in [5.74, 6) is -0.0576. The highest BCUT2D eigenvalue weighted by Crippen LogP contribution is 2.31. The Morgan fingerprint density at radius 1 is 0.941 bits per heavy atom. The Labute approximate surface area is 192 Å².